The molecule has 0 saturated heterocycles. The Labute approximate surface area is 98.1 Å². The van der Waals surface area contributed by atoms with E-state index in [0.717, 1.165) is 0 Å². The van der Waals surface area contributed by atoms with Crippen LogP contribution in [0.4, 0.5) is 0 Å². The van der Waals surface area contributed by atoms with E-state index in [1.165, 1.54) is 12.1 Å². The lowest BCUT2D eigenvalue weighted by Gasteiger charge is -2.09. The number of nitrogens with two attached hydrogens (primary N) is 1. The minimum absolute atomic E-state index is 0.0551. The average molecular weight is 235 g/mol. The maximum atomic E-state index is 11.1. The maximum Gasteiger partial charge on any atom is 0.267 e. The first-order valence-corrected chi connectivity index (χ1v) is 4.79. The van der Waals surface area contributed by atoms with Crippen LogP contribution in [0.1, 0.15) is 28.1 Å². The molecule has 6 nitrogen and oxygen atoms in total. The van der Waals surface area contributed by atoms with Crippen molar-refractivity contribution in [1.29, 1.82) is 0 Å². The summed E-state index contributed by atoms with van der Waals surface area (Å²) < 4.78 is 0. The number of nitrogens with zero attached hydrogens (tertiary/aromatic N) is 2. The predicted octanol–water partition coefficient (Wildman–Crippen LogP) is -0.200. The highest BCUT2D eigenvalue weighted by Gasteiger charge is 2.14. The molecule has 1 heterocycles. The van der Waals surface area contributed by atoms with Gasteiger partial charge in [-0.1, -0.05) is 19.2 Å². The topological polar surface area (TPSA) is 109 Å². The van der Waals surface area contributed by atoms with Gasteiger partial charge in [-0.15, -0.1) is 0 Å². The Morgan fingerprint density at radius 2 is 2.24 bits per heavy atom. The van der Waals surface area contributed by atoms with E-state index in [0.29, 0.717) is 5.57 Å². The number of hydrogen-bond acceptors (Lipinski definition) is 5. The number of carbonyl (C=O) groups excluding carboxylic acids is 1. The fourth-order valence-electron chi connectivity index (χ4n) is 1.09. The Bertz CT molecular complexity index is 471. The molecule has 0 bridgehead atoms. The molecule has 0 aliphatic carbocycles. The fourth-order valence-corrected chi connectivity index (χ4v) is 1.09. The van der Waals surface area contributed by atoms with Crippen molar-refractivity contribution in [3.05, 3.63) is 42.5 Å². The molecule has 1 aromatic heterocycles. The van der Waals surface area contributed by atoms with Crippen LogP contribution in [0, 0.1) is 0 Å². The number of aromatic nitrogens is 2. The molecule has 1 unspecified atom stereocenters. The first kappa shape index (κ1) is 13.0. The third-order valence-electron chi connectivity index (χ3n) is 2.05. The van der Waals surface area contributed by atoms with Crippen LogP contribution in [-0.2, 0) is 0 Å². The Kier molecular flexibility index (Phi) is 4.08. The highest BCUT2D eigenvalue weighted by molar-refractivity contribution is 5.91. The molecule has 0 fully saturated rings. The quantitative estimate of drug-likeness (QED) is 0.612. The summed E-state index contributed by atoms with van der Waals surface area (Å²) >= 11 is 0. The summed E-state index contributed by atoms with van der Waals surface area (Å²) in [5.74, 6) is -0.615. The van der Waals surface area contributed by atoms with Crippen molar-refractivity contribution in [2.24, 2.45) is 5.73 Å². The Morgan fingerprint density at radius 1 is 1.59 bits per heavy atom. The lowest BCUT2D eigenvalue weighted by molar-refractivity contribution is 0.0914. The SMILES string of the molecule is C=CC(=C)c1nc(C(N)=O)cc(C(O)CO)n1. The van der Waals surface area contributed by atoms with Crippen LogP contribution in [0.15, 0.2) is 25.3 Å². The van der Waals surface area contributed by atoms with Gasteiger partial charge < -0.3 is 15.9 Å². The highest BCUT2D eigenvalue weighted by Crippen LogP contribution is 2.15. The number of hydrogen-bond donors (Lipinski definition) is 3. The highest BCUT2D eigenvalue weighted by atomic mass is 16.3. The van der Waals surface area contributed by atoms with Gasteiger partial charge in [0.15, 0.2) is 5.82 Å². The number of aliphatic hydroxyl groups excluding tert-OH is 2. The molecule has 1 atom stereocenters. The zero-order chi connectivity index (χ0) is 13.0. The lowest BCUT2D eigenvalue weighted by Crippen LogP contribution is -2.17. The number of allylic oxidation sites excluding steroid dienone is 2. The predicted molar refractivity (Wildman–Crippen MR) is 61.8 cm³/mol. The Hall–Kier alpha value is -2.05. The number of primary amides is 1. The number of carbonyl (C=O) groups is 1. The van der Waals surface area contributed by atoms with Crippen LogP contribution < -0.4 is 5.73 Å². The second kappa shape index (κ2) is 5.33. The van der Waals surface area contributed by atoms with E-state index in [2.05, 4.69) is 23.1 Å². The molecule has 0 aromatic carbocycles. The van der Waals surface area contributed by atoms with E-state index in [-0.39, 0.29) is 17.2 Å². The molecular formula is C11H13N3O3. The first-order valence-electron chi connectivity index (χ1n) is 4.79. The third-order valence-corrected chi connectivity index (χ3v) is 2.05. The van der Waals surface area contributed by atoms with Crippen LogP contribution in [0.25, 0.3) is 5.57 Å². The molecule has 1 aromatic rings. The summed E-state index contributed by atoms with van der Waals surface area (Å²) in [4.78, 5) is 18.9. The van der Waals surface area contributed by atoms with Gasteiger partial charge in [0, 0.05) is 5.57 Å². The van der Waals surface area contributed by atoms with Crippen LogP contribution in [-0.4, -0.2) is 32.7 Å². The van der Waals surface area contributed by atoms with Gasteiger partial charge in [0.2, 0.25) is 0 Å². The Morgan fingerprint density at radius 3 is 2.71 bits per heavy atom. The molecule has 0 saturated carbocycles. The van der Waals surface area contributed by atoms with Crippen molar-refractivity contribution in [2.75, 3.05) is 6.61 Å². The Balaban J connectivity index is 3.32. The van der Waals surface area contributed by atoms with Gasteiger partial charge in [0.05, 0.1) is 12.3 Å². The molecular weight excluding hydrogens is 222 g/mol. The van der Waals surface area contributed by atoms with Crippen LogP contribution in [0.2, 0.25) is 0 Å². The third kappa shape index (κ3) is 2.96. The normalized spacial score (nSPS) is 11.9. The molecule has 1 rings (SSSR count). The largest absolute Gasteiger partial charge is 0.393 e. The maximum absolute atomic E-state index is 11.1. The minimum Gasteiger partial charge on any atom is -0.393 e. The van der Waals surface area contributed by atoms with Crippen LogP contribution in [0.5, 0.6) is 0 Å². The second-order valence-corrected chi connectivity index (χ2v) is 3.29. The van der Waals surface area contributed by atoms with Crippen molar-refractivity contribution in [2.45, 2.75) is 6.10 Å². The van der Waals surface area contributed by atoms with E-state index in [4.69, 9.17) is 10.8 Å². The van der Waals surface area contributed by atoms with Gasteiger partial charge in [-0.05, 0) is 6.07 Å². The summed E-state index contributed by atoms with van der Waals surface area (Å²) in [7, 11) is 0. The molecule has 17 heavy (non-hydrogen) atoms. The van der Waals surface area contributed by atoms with Gasteiger partial charge in [-0.25, -0.2) is 9.97 Å². The molecule has 0 spiro atoms. The van der Waals surface area contributed by atoms with E-state index in [9.17, 15) is 9.90 Å². The molecule has 0 radical (unpaired) electrons. The second-order valence-electron chi connectivity index (χ2n) is 3.29. The zero-order valence-electron chi connectivity index (χ0n) is 9.13. The lowest BCUT2D eigenvalue weighted by atomic mass is 10.2. The van der Waals surface area contributed by atoms with Gasteiger partial charge in [0.1, 0.15) is 11.8 Å². The summed E-state index contributed by atoms with van der Waals surface area (Å²) in [5, 5.41) is 18.3. The van der Waals surface area contributed by atoms with Crippen molar-refractivity contribution in [1.82, 2.24) is 9.97 Å². The standard InChI is InChI=1S/C11H13N3O3/c1-3-6(2)11-13-7(9(16)5-15)4-8(14-11)10(12)17/h3-4,9,15-16H,1-2,5H2,(H2,12,17). The summed E-state index contributed by atoms with van der Waals surface area (Å²) in [6.45, 7) is 6.61. The van der Waals surface area contributed by atoms with Gasteiger partial charge in [0.25, 0.3) is 5.91 Å². The van der Waals surface area contributed by atoms with E-state index in [1.807, 2.05) is 0 Å². The monoisotopic (exact) mass is 235 g/mol. The first-order chi connectivity index (χ1) is 7.99. The van der Waals surface area contributed by atoms with E-state index >= 15 is 0 Å². The average Bonchev–Trinajstić information content (AvgIpc) is 2.36. The molecule has 1 amide bonds. The smallest absolute Gasteiger partial charge is 0.267 e. The van der Waals surface area contributed by atoms with Crippen molar-refractivity contribution in [3.8, 4) is 0 Å². The van der Waals surface area contributed by atoms with Gasteiger partial charge in [-0.3, -0.25) is 4.79 Å². The summed E-state index contributed by atoms with van der Waals surface area (Å²) in [5.41, 5.74) is 5.55. The van der Waals surface area contributed by atoms with Gasteiger partial charge in [-0.2, -0.15) is 0 Å². The number of aliphatic hydroxyl groups is 2. The molecule has 0 aliphatic rings. The molecule has 6 heteroatoms. The number of amides is 1. The number of rotatable bonds is 5. The minimum atomic E-state index is -1.20. The fraction of sp³-hybridized carbons (Fsp3) is 0.182. The summed E-state index contributed by atoms with van der Waals surface area (Å²) in [6, 6.07) is 1.23. The molecule has 0 aliphatic heterocycles. The van der Waals surface area contributed by atoms with E-state index < -0.39 is 18.6 Å². The van der Waals surface area contributed by atoms with Crippen molar-refractivity contribution < 1.29 is 15.0 Å². The van der Waals surface area contributed by atoms with Crippen molar-refractivity contribution >= 4 is 11.5 Å². The van der Waals surface area contributed by atoms with Gasteiger partial charge >= 0.3 is 0 Å². The molecule has 90 valence electrons. The molecule has 4 N–H and O–H groups in total. The zero-order valence-corrected chi connectivity index (χ0v) is 9.13. The summed E-state index contributed by atoms with van der Waals surface area (Å²) in [6.07, 6.45) is 0.210. The van der Waals surface area contributed by atoms with Crippen molar-refractivity contribution in [3.63, 3.8) is 0 Å². The van der Waals surface area contributed by atoms with Crippen LogP contribution >= 0.6 is 0 Å². The van der Waals surface area contributed by atoms with E-state index in [1.54, 1.807) is 0 Å². The van der Waals surface area contributed by atoms with Crippen LogP contribution in [0.3, 0.4) is 0 Å².